The molecule has 0 bridgehead atoms. The lowest BCUT2D eigenvalue weighted by molar-refractivity contribution is 0.164. The van der Waals surface area contributed by atoms with Crippen LogP contribution < -0.4 is 10.0 Å². The number of carbonyl (C=O) groups is 1. The number of halogens is 1. The maximum Gasteiger partial charge on any atom is 0.328 e. The highest BCUT2D eigenvalue weighted by molar-refractivity contribution is 9.10. The molecule has 0 aliphatic carbocycles. The SMILES string of the molecule is CC(O)C(C)c1nc(Br)cn1Cc1ccc(-c2ccccc2S(=O)(=O)NC(=O)NCc2ccccc2)cc1. The first-order chi connectivity index (χ1) is 18.1. The molecular formula is C28H29BrN4O4S. The standard InChI is InChI=1S/C28H29BrN4O4S/c1-19(20(2)34)27-31-26(29)18-33(27)17-22-12-14-23(15-13-22)24-10-6-7-11-25(24)38(36,37)32-28(35)30-16-21-8-4-3-5-9-21/h3-15,18-20,34H,16-17H2,1-2H3,(H2,30,32,35). The second kappa shape index (κ2) is 11.9. The number of aliphatic hydroxyl groups excluding tert-OH is 1. The number of amides is 2. The number of aliphatic hydroxyl groups is 1. The van der Waals surface area contributed by atoms with Gasteiger partial charge in [-0.25, -0.2) is 22.9 Å². The highest BCUT2D eigenvalue weighted by Gasteiger charge is 2.22. The predicted molar refractivity (Wildman–Crippen MR) is 150 cm³/mol. The zero-order valence-electron chi connectivity index (χ0n) is 21.0. The minimum Gasteiger partial charge on any atom is -0.393 e. The van der Waals surface area contributed by atoms with E-state index < -0.39 is 22.2 Å². The van der Waals surface area contributed by atoms with Gasteiger partial charge in [0.05, 0.1) is 11.0 Å². The van der Waals surface area contributed by atoms with Gasteiger partial charge in [0.1, 0.15) is 10.4 Å². The van der Waals surface area contributed by atoms with Crippen molar-refractivity contribution in [3.05, 3.63) is 107 Å². The molecule has 0 radical (unpaired) electrons. The van der Waals surface area contributed by atoms with Gasteiger partial charge >= 0.3 is 6.03 Å². The van der Waals surface area contributed by atoms with Crippen molar-refractivity contribution in [3.63, 3.8) is 0 Å². The van der Waals surface area contributed by atoms with Gasteiger partial charge in [-0.3, -0.25) is 0 Å². The fourth-order valence-electron chi connectivity index (χ4n) is 4.02. The molecule has 4 aromatic rings. The minimum atomic E-state index is -4.13. The fraction of sp³-hybridized carbons (Fsp3) is 0.214. The number of imidazole rings is 1. The van der Waals surface area contributed by atoms with Gasteiger partial charge in [0.25, 0.3) is 10.0 Å². The molecule has 10 heteroatoms. The number of rotatable bonds is 9. The fourth-order valence-corrected chi connectivity index (χ4v) is 5.61. The summed E-state index contributed by atoms with van der Waals surface area (Å²) < 4.78 is 31.0. The van der Waals surface area contributed by atoms with Crippen LogP contribution in [-0.2, 0) is 23.1 Å². The molecule has 8 nitrogen and oxygen atoms in total. The summed E-state index contributed by atoms with van der Waals surface area (Å²) in [6.07, 6.45) is 1.33. The van der Waals surface area contributed by atoms with Crippen LogP contribution in [0.25, 0.3) is 11.1 Å². The van der Waals surface area contributed by atoms with Gasteiger partial charge < -0.3 is 15.0 Å². The van der Waals surface area contributed by atoms with E-state index in [0.29, 0.717) is 22.3 Å². The molecule has 3 aromatic carbocycles. The van der Waals surface area contributed by atoms with Gasteiger partial charge in [0.15, 0.2) is 0 Å². The van der Waals surface area contributed by atoms with Crippen molar-refractivity contribution in [3.8, 4) is 11.1 Å². The Morgan fingerprint density at radius 1 is 0.974 bits per heavy atom. The molecule has 2 amide bonds. The Balaban J connectivity index is 1.51. The van der Waals surface area contributed by atoms with Gasteiger partial charge in [0.2, 0.25) is 0 Å². The molecule has 2 unspecified atom stereocenters. The smallest absolute Gasteiger partial charge is 0.328 e. The Morgan fingerprint density at radius 2 is 1.63 bits per heavy atom. The first-order valence-electron chi connectivity index (χ1n) is 12.1. The predicted octanol–water partition coefficient (Wildman–Crippen LogP) is 5.03. The van der Waals surface area contributed by atoms with Crippen LogP contribution in [0.3, 0.4) is 0 Å². The van der Waals surface area contributed by atoms with Crippen molar-refractivity contribution in [2.24, 2.45) is 0 Å². The van der Waals surface area contributed by atoms with Crippen LogP contribution >= 0.6 is 15.9 Å². The molecule has 4 rings (SSSR count). The van der Waals surface area contributed by atoms with E-state index in [0.717, 1.165) is 17.0 Å². The molecule has 0 saturated carbocycles. The number of urea groups is 1. The molecule has 3 N–H and O–H groups in total. The highest BCUT2D eigenvalue weighted by atomic mass is 79.9. The first kappa shape index (κ1) is 27.6. The van der Waals surface area contributed by atoms with Crippen molar-refractivity contribution < 1.29 is 18.3 Å². The Labute approximate surface area is 230 Å². The molecule has 0 aliphatic heterocycles. The normalized spacial score (nSPS) is 13.1. The molecule has 1 heterocycles. The van der Waals surface area contributed by atoms with Crippen LogP contribution in [0.1, 0.15) is 36.7 Å². The Kier molecular flexibility index (Phi) is 8.65. The average molecular weight is 598 g/mol. The second-order valence-electron chi connectivity index (χ2n) is 9.05. The lowest BCUT2D eigenvalue weighted by Crippen LogP contribution is -2.39. The number of hydrogen-bond acceptors (Lipinski definition) is 5. The number of hydrogen-bond donors (Lipinski definition) is 3. The number of sulfonamides is 1. The number of aromatic nitrogens is 2. The first-order valence-corrected chi connectivity index (χ1v) is 14.3. The second-order valence-corrected chi connectivity index (χ2v) is 11.5. The van der Waals surface area contributed by atoms with Crippen LogP contribution in [0.4, 0.5) is 4.79 Å². The van der Waals surface area contributed by atoms with Gasteiger partial charge in [-0.05, 0) is 45.6 Å². The quantitative estimate of drug-likeness (QED) is 0.251. The Hall–Kier alpha value is -3.47. The summed E-state index contributed by atoms with van der Waals surface area (Å²) in [6.45, 7) is 4.40. The summed E-state index contributed by atoms with van der Waals surface area (Å²) in [5.74, 6) is 0.624. The van der Waals surface area contributed by atoms with E-state index in [1.54, 1.807) is 25.1 Å². The van der Waals surface area contributed by atoms with Gasteiger partial charge in [0, 0.05) is 30.8 Å². The summed E-state index contributed by atoms with van der Waals surface area (Å²) >= 11 is 3.42. The Bertz CT molecular complexity index is 1500. The van der Waals surface area contributed by atoms with Crippen molar-refractivity contribution >= 4 is 32.0 Å². The third-order valence-electron chi connectivity index (χ3n) is 6.23. The maximum absolute atomic E-state index is 13.1. The zero-order valence-corrected chi connectivity index (χ0v) is 23.4. The summed E-state index contributed by atoms with van der Waals surface area (Å²) in [4.78, 5) is 16.9. The minimum absolute atomic E-state index is 0.00851. The number of nitrogens with zero attached hydrogens (tertiary/aromatic N) is 2. The average Bonchev–Trinajstić information content (AvgIpc) is 3.27. The molecule has 2 atom stereocenters. The maximum atomic E-state index is 13.1. The van der Waals surface area contributed by atoms with Crippen LogP contribution in [0.5, 0.6) is 0 Å². The van der Waals surface area contributed by atoms with Crippen LogP contribution in [-0.4, -0.2) is 35.2 Å². The summed E-state index contributed by atoms with van der Waals surface area (Å²) in [5.41, 5.74) is 3.02. The van der Waals surface area contributed by atoms with E-state index in [1.165, 1.54) is 6.07 Å². The molecule has 38 heavy (non-hydrogen) atoms. The largest absolute Gasteiger partial charge is 0.393 e. The molecule has 0 saturated heterocycles. The van der Waals surface area contributed by atoms with Gasteiger partial charge in [-0.2, -0.15) is 0 Å². The van der Waals surface area contributed by atoms with E-state index in [9.17, 15) is 18.3 Å². The van der Waals surface area contributed by atoms with Crippen LogP contribution in [0, 0.1) is 0 Å². The number of carbonyl (C=O) groups excluding carboxylic acids is 1. The van der Waals surface area contributed by atoms with Gasteiger partial charge in [-0.1, -0.05) is 79.7 Å². The summed E-state index contributed by atoms with van der Waals surface area (Å²) in [6, 6.07) is 22.5. The number of nitrogens with one attached hydrogen (secondary N) is 2. The lowest BCUT2D eigenvalue weighted by Gasteiger charge is -2.16. The lowest BCUT2D eigenvalue weighted by atomic mass is 10.0. The molecule has 198 valence electrons. The highest BCUT2D eigenvalue weighted by Crippen LogP contribution is 2.28. The third-order valence-corrected chi connectivity index (χ3v) is 8.00. The van der Waals surface area contributed by atoms with Crippen LogP contribution in [0.2, 0.25) is 0 Å². The monoisotopic (exact) mass is 596 g/mol. The molecule has 0 spiro atoms. The van der Waals surface area contributed by atoms with Crippen molar-refractivity contribution in [2.75, 3.05) is 0 Å². The summed E-state index contributed by atoms with van der Waals surface area (Å²) in [7, 11) is -4.13. The Morgan fingerprint density at radius 3 is 2.32 bits per heavy atom. The van der Waals surface area contributed by atoms with E-state index in [-0.39, 0.29) is 17.4 Å². The van der Waals surface area contributed by atoms with Gasteiger partial charge in [-0.15, -0.1) is 0 Å². The van der Waals surface area contributed by atoms with Crippen molar-refractivity contribution in [1.29, 1.82) is 0 Å². The van der Waals surface area contributed by atoms with E-state index in [2.05, 4.69) is 31.0 Å². The molecule has 0 fully saturated rings. The van der Waals surface area contributed by atoms with E-state index in [1.807, 2.05) is 72.3 Å². The number of benzene rings is 3. The van der Waals surface area contributed by atoms with E-state index in [4.69, 9.17) is 0 Å². The molecule has 1 aromatic heterocycles. The third kappa shape index (κ3) is 6.69. The van der Waals surface area contributed by atoms with Crippen molar-refractivity contribution in [2.45, 2.75) is 43.9 Å². The van der Waals surface area contributed by atoms with E-state index >= 15 is 0 Å². The topological polar surface area (TPSA) is 113 Å². The molecule has 0 aliphatic rings. The van der Waals surface area contributed by atoms with Crippen LogP contribution in [0.15, 0.2) is 94.6 Å². The zero-order chi connectivity index (χ0) is 27.3. The molecular weight excluding hydrogens is 568 g/mol. The summed E-state index contributed by atoms with van der Waals surface area (Å²) in [5, 5.41) is 12.6. The van der Waals surface area contributed by atoms with Crippen molar-refractivity contribution in [1.82, 2.24) is 19.6 Å².